The fourth-order valence-electron chi connectivity index (χ4n) is 1.51. The lowest BCUT2D eigenvalue weighted by Gasteiger charge is -2.23. The average molecular weight is 235 g/mol. The predicted octanol–water partition coefficient (Wildman–Crippen LogP) is 2.89. The molecule has 0 saturated carbocycles. The van der Waals surface area contributed by atoms with E-state index in [1.54, 1.807) is 12.1 Å². The summed E-state index contributed by atoms with van der Waals surface area (Å²) >= 11 is 0. The van der Waals surface area contributed by atoms with E-state index in [0.717, 1.165) is 18.4 Å². The lowest BCUT2D eigenvalue weighted by molar-refractivity contribution is -0.149. The topological polar surface area (TPSA) is 52.3 Å². The zero-order valence-corrected chi connectivity index (χ0v) is 10.8. The second kappa shape index (κ2) is 5.71. The molecule has 1 aromatic rings. The van der Waals surface area contributed by atoms with Gasteiger partial charge in [0.1, 0.15) is 0 Å². The van der Waals surface area contributed by atoms with Gasteiger partial charge >= 0.3 is 5.97 Å². The zero-order chi connectivity index (χ0) is 12.9. The van der Waals surface area contributed by atoms with Crippen LogP contribution in [0.15, 0.2) is 24.3 Å². The number of nitrogens with two attached hydrogens (primary N) is 1. The van der Waals surface area contributed by atoms with Crippen molar-refractivity contribution in [1.82, 2.24) is 0 Å². The monoisotopic (exact) mass is 235 g/mol. The van der Waals surface area contributed by atoms with Gasteiger partial charge in [-0.2, -0.15) is 0 Å². The first-order valence-electron chi connectivity index (χ1n) is 6.01. The highest BCUT2D eigenvalue weighted by molar-refractivity contribution is 5.82. The largest absolute Gasteiger partial charge is 0.465 e. The van der Waals surface area contributed by atoms with E-state index in [9.17, 15) is 4.79 Å². The summed E-state index contributed by atoms with van der Waals surface area (Å²) in [6, 6.07) is 7.35. The molecule has 0 atom stereocenters. The molecular formula is C14H21NO2. The van der Waals surface area contributed by atoms with Crippen LogP contribution in [-0.2, 0) is 14.9 Å². The minimum absolute atomic E-state index is 0.185. The Morgan fingerprint density at radius 1 is 1.29 bits per heavy atom. The molecule has 17 heavy (non-hydrogen) atoms. The van der Waals surface area contributed by atoms with Gasteiger partial charge in [0, 0.05) is 5.69 Å². The lowest BCUT2D eigenvalue weighted by Crippen LogP contribution is -2.31. The van der Waals surface area contributed by atoms with Gasteiger partial charge in [0.05, 0.1) is 12.0 Å². The Balaban J connectivity index is 2.72. The van der Waals surface area contributed by atoms with Crippen LogP contribution in [0.1, 0.15) is 39.2 Å². The van der Waals surface area contributed by atoms with Crippen molar-refractivity contribution in [1.29, 1.82) is 0 Å². The summed E-state index contributed by atoms with van der Waals surface area (Å²) < 4.78 is 5.26. The first-order valence-corrected chi connectivity index (χ1v) is 6.01. The lowest BCUT2D eigenvalue weighted by atomic mass is 9.85. The van der Waals surface area contributed by atoms with Gasteiger partial charge in [0.25, 0.3) is 0 Å². The van der Waals surface area contributed by atoms with Gasteiger partial charge in [-0.25, -0.2) is 0 Å². The number of benzene rings is 1. The van der Waals surface area contributed by atoms with Crippen LogP contribution in [0.2, 0.25) is 0 Å². The summed E-state index contributed by atoms with van der Waals surface area (Å²) in [5.74, 6) is -0.185. The first-order chi connectivity index (χ1) is 7.98. The van der Waals surface area contributed by atoms with Gasteiger partial charge in [-0.3, -0.25) is 4.79 Å². The summed E-state index contributed by atoms with van der Waals surface area (Å²) in [6.45, 7) is 6.30. The second-order valence-corrected chi connectivity index (χ2v) is 4.74. The van der Waals surface area contributed by atoms with E-state index in [1.165, 1.54) is 0 Å². The quantitative estimate of drug-likeness (QED) is 0.485. The van der Waals surface area contributed by atoms with Crippen molar-refractivity contribution >= 4 is 11.7 Å². The Morgan fingerprint density at radius 3 is 2.41 bits per heavy atom. The molecule has 0 aliphatic heterocycles. The van der Waals surface area contributed by atoms with E-state index in [1.807, 2.05) is 26.0 Å². The maximum absolute atomic E-state index is 12.0. The molecule has 2 N–H and O–H groups in total. The smallest absolute Gasteiger partial charge is 0.315 e. The van der Waals surface area contributed by atoms with Crippen molar-refractivity contribution in [2.75, 3.05) is 12.3 Å². The van der Waals surface area contributed by atoms with E-state index < -0.39 is 5.41 Å². The number of anilines is 1. The van der Waals surface area contributed by atoms with Gasteiger partial charge in [0.2, 0.25) is 0 Å². The third-order valence-corrected chi connectivity index (χ3v) is 2.87. The van der Waals surface area contributed by atoms with E-state index in [-0.39, 0.29) is 5.97 Å². The first kappa shape index (κ1) is 13.6. The van der Waals surface area contributed by atoms with Crippen LogP contribution in [-0.4, -0.2) is 12.6 Å². The van der Waals surface area contributed by atoms with Crippen LogP contribution in [0.4, 0.5) is 5.69 Å². The van der Waals surface area contributed by atoms with E-state index >= 15 is 0 Å². The molecule has 0 aromatic heterocycles. The third kappa shape index (κ3) is 3.48. The minimum atomic E-state index is -0.624. The molecule has 0 bridgehead atoms. The molecular weight excluding hydrogens is 214 g/mol. The molecule has 94 valence electrons. The zero-order valence-electron chi connectivity index (χ0n) is 10.8. The van der Waals surface area contributed by atoms with Crippen LogP contribution in [0.25, 0.3) is 0 Å². The van der Waals surface area contributed by atoms with Crippen molar-refractivity contribution in [3.8, 4) is 0 Å². The van der Waals surface area contributed by atoms with Crippen LogP contribution in [0.3, 0.4) is 0 Å². The van der Waals surface area contributed by atoms with Crippen LogP contribution in [0.5, 0.6) is 0 Å². The normalized spacial score (nSPS) is 11.2. The molecule has 1 aromatic carbocycles. The second-order valence-electron chi connectivity index (χ2n) is 4.74. The standard InChI is InChI=1S/C14H21NO2/c1-4-5-10-17-13(16)14(2,3)11-6-8-12(15)9-7-11/h6-9H,4-5,10,15H2,1-3H3. The Labute approximate surface area is 103 Å². The van der Waals surface area contributed by atoms with E-state index in [2.05, 4.69) is 6.92 Å². The Bertz CT molecular complexity index is 368. The minimum Gasteiger partial charge on any atom is -0.465 e. The van der Waals surface area contributed by atoms with E-state index in [4.69, 9.17) is 10.5 Å². The number of hydrogen-bond donors (Lipinski definition) is 1. The molecule has 0 heterocycles. The fraction of sp³-hybridized carbons (Fsp3) is 0.500. The summed E-state index contributed by atoms with van der Waals surface area (Å²) in [4.78, 5) is 12.0. The maximum atomic E-state index is 12.0. The molecule has 1 rings (SSSR count). The number of rotatable bonds is 5. The number of carbonyl (C=O) groups excluding carboxylic acids is 1. The van der Waals surface area contributed by atoms with Gasteiger partial charge in [0.15, 0.2) is 0 Å². The van der Waals surface area contributed by atoms with Gasteiger partial charge in [-0.1, -0.05) is 25.5 Å². The summed E-state index contributed by atoms with van der Waals surface area (Å²) in [5.41, 5.74) is 6.63. The highest BCUT2D eigenvalue weighted by Crippen LogP contribution is 2.25. The van der Waals surface area contributed by atoms with Crippen LogP contribution in [0, 0.1) is 0 Å². The van der Waals surface area contributed by atoms with Crippen molar-refractivity contribution in [3.05, 3.63) is 29.8 Å². The molecule has 0 saturated heterocycles. The molecule has 0 aliphatic rings. The number of unbranched alkanes of at least 4 members (excludes halogenated alkanes) is 1. The Kier molecular flexibility index (Phi) is 4.55. The number of nitrogen functional groups attached to an aromatic ring is 1. The molecule has 0 spiro atoms. The Morgan fingerprint density at radius 2 is 1.88 bits per heavy atom. The Hall–Kier alpha value is -1.51. The fourth-order valence-corrected chi connectivity index (χ4v) is 1.51. The molecule has 0 unspecified atom stereocenters. The third-order valence-electron chi connectivity index (χ3n) is 2.87. The van der Waals surface area contributed by atoms with Gasteiger partial charge in [-0.05, 0) is 38.0 Å². The van der Waals surface area contributed by atoms with Crippen molar-refractivity contribution < 1.29 is 9.53 Å². The molecule has 0 radical (unpaired) electrons. The number of ether oxygens (including phenoxy) is 1. The SMILES string of the molecule is CCCCOC(=O)C(C)(C)c1ccc(N)cc1. The van der Waals surface area contributed by atoms with E-state index in [0.29, 0.717) is 12.3 Å². The summed E-state index contributed by atoms with van der Waals surface area (Å²) in [7, 11) is 0. The maximum Gasteiger partial charge on any atom is 0.315 e. The van der Waals surface area contributed by atoms with Crippen molar-refractivity contribution in [2.45, 2.75) is 39.0 Å². The predicted molar refractivity (Wildman–Crippen MR) is 69.7 cm³/mol. The van der Waals surface area contributed by atoms with Crippen molar-refractivity contribution in [3.63, 3.8) is 0 Å². The molecule has 0 fully saturated rings. The molecule has 0 amide bonds. The van der Waals surface area contributed by atoms with Crippen LogP contribution < -0.4 is 5.73 Å². The summed E-state index contributed by atoms with van der Waals surface area (Å²) in [5, 5.41) is 0. The van der Waals surface area contributed by atoms with Crippen LogP contribution >= 0.6 is 0 Å². The number of esters is 1. The molecule has 3 nitrogen and oxygen atoms in total. The van der Waals surface area contributed by atoms with Crippen molar-refractivity contribution in [2.24, 2.45) is 0 Å². The van der Waals surface area contributed by atoms with Gasteiger partial charge < -0.3 is 10.5 Å². The summed E-state index contributed by atoms with van der Waals surface area (Å²) in [6.07, 6.45) is 1.93. The molecule has 3 heteroatoms. The van der Waals surface area contributed by atoms with Gasteiger partial charge in [-0.15, -0.1) is 0 Å². The number of carbonyl (C=O) groups is 1. The average Bonchev–Trinajstić information content (AvgIpc) is 2.29. The highest BCUT2D eigenvalue weighted by atomic mass is 16.5. The molecule has 0 aliphatic carbocycles. The highest BCUT2D eigenvalue weighted by Gasteiger charge is 2.31. The number of hydrogen-bond acceptors (Lipinski definition) is 3.